The molecule has 0 radical (unpaired) electrons. The number of fused-ring (bicyclic) bond motifs is 2. The van der Waals surface area contributed by atoms with Gasteiger partial charge in [0.05, 0.1) is 13.0 Å². The van der Waals surface area contributed by atoms with E-state index in [1.54, 1.807) is 0 Å². The first-order valence-electron chi connectivity index (χ1n) is 8.63. The second-order valence-electron chi connectivity index (χ2n) is 6.91. The van der Waals surface area contributed by atoms with Gasteiger partial charge in [0.2, 0.25) is 0 Å². The van der Waals surface area contributed by atoms with Gasteiger partial charge in [-0.05, 0) is 43.0 Å². The number of aromatic amines is 1. The molecular formula is C19H24N2O2. The van der Waals surface area contributed by atoms with E-state index in [-0.39, 0.29) is 11.9 Å². The van der Waals surface area contributed by atoms with E-state index in [4.69, 9.17) is 4.74 Å². The van der Waals surface area contributed by atoms with Crippen LogP contribution in [0.2, 0.25) is 0 Å². The van der Waals surface area contributed by atoms with Gasteiger partial charge in [0.1, 0.15) is 0 Å². The monoisotopic (exact) mass is 312 g/mol. The molecule has 1 aliphatic heterocycles. The summed E-state index contributed by atoms with van der Waals surface area (Å²) >= 11 is 0. The van der Waals surface area contributed by atoms with Gasteiger partial charge in [0.25, 0.3) is 0 Å². The Morgan fingerprint density at radius 3 is 3.09 bits per heavy atom. The molecule has 0 amide bonds. The van der Waals surface area contributed by atoms with Crippen molar-refractivity contribution in [1.82, 2.24) is 9.88 Å². The van der Waals surface area contributed by atoms with E-state index in [2.05, 4.69) is 41.2 Å². The number of nitrogens with one attached hydrogen (secondary N) is 1. The Labute approximate surface area is 136 Å². The zero-order chi connectivity index (χ0) is 16.0. The molecule has 2 aliphatic rings. The molecule has 0 spiro atoms. The zero-order valence-electron chi connectivity index (χ0n) is 13.8. The van der Waals surface area contributed by atoms with Gasteiger partial charge in [-0.25, -0.2) is 0 Å². The number of methoxy groups -OCH3 is 1. The van der Waals surface area contributed by atoms with E-state index in [1.165, 1.54) is 29.1 Å². The van der Waals surface area contributed by atoms with Crippen LogP contribution in [0.25, 0.3) is 10.9 Å². The SMILES string of the molecule is CCCN1C[C@@H](C(=O)OC)C[C@@H]2c3cccc4[nH]cc(c34)C[C@H]21. The second kappa shape index (κ2) is 5.68. The van der Waals surface area contributed by atoms with Crippen molar-refractivity contribution in [2.45, 2.75) is 38.1 Å². The number of ether oxygens (including phenoxy) is 1. The van der Waals surface area contributed by atoms with Crippen LogP contribution in [0.1, 0.15) is 36.8 Å². The molecule has 1 saturated heterocycles. The number of H-pyrrole nitrogens is 1. The molecule has 4 rings (SSSR count). The van der Waals surface area contributed by atoms with Crippen LogP contribution in [0.4, 0.5) is 0 Å². The number of carbonyl (C=O) groups is 1. The van der Waals surface area contributed by atoms with Crippen LogP contribution >= 0.6 is 0 Å². The number of rotatable bonds is 3. The topological polar surface area (TPSA) is 45.3 Å². The molecule has 122 valence electrons. The number of nitrogens with zero attached hydrogens (tertiary/aromatic N) is 1. The third-order valence-electron chi connectivity index (χ3n) is 5.62. The van der Waals surface area contributed by atoms with Crippen LogP contribution in [-0.2, 0) is 16.0 Å². The molecule has 1 aromatic heterocycles. The lowest BCUT2D eigenvalue weighted by atomic mass is 9.72. The summed E-state index contributed by atoms with van der Waals surface area (Å²) in [6, 6.07) is 7.03. The maximum absolute atomic E-state index is 12.2. The van der Waals surface area contributed by atoms with Crippen LogP contribution in [-0.4, -0.2) is 42.1 Å². The Morgan fingerprint density at radius 2 is 2.30 bits per heavy atom. The second-order valence-corrected chi connectivity index (χ2v) is 6.91. The molecule has 3 atom stereocenters. The fourth-order valence-electron chi connectivity index (χ4n) is 4.68. The number of carbonyl (C=O) groups excluding carboxylic acids is 1. The summed E-state index contributed by atoms with van der Waals surface area (Å²) < 4.78 is 5.05. The highest BCUT2D eigenvalue weighted by Gasteiger charge is 2.42. The maximum Gasteiger partial charge on any atom is 0.309 e. The standard InChI is InChI=1S/C19H24N2O2/c1-3-7-21-11-13(19(22)23-2)8-15-14-5-4-6-16-18(14)12(10-20-16)9-17(15)21/h4-6,10,13,15,17,20H,3,7-9,11H2,1-2H3/t13-,15+,17+/m0/s1. The molecule has 1 aromatic carbocycles. The molecule has 1 fully saturated rings. The summed E-state index contributed by atoms with van der Waals surface area (Å²) in [4.78, 5) is 18.1. The van der Waals surface area contributed by atoms with Gasteiger partial charge in [0, 0.05) is 35.6 Å². The Bertz CT molecular complexity index is 736. The molecule has 0 unspecified atom stereocenters. The van der Waals surface area contributed by atoms with Gasteiger partial charge in [-0.2, -0.15) is 0 Å². The first kappa shape index (κ1) is 14.8. The third kappa shape index (κ3) is 2.27. The number of esters is 1. The minimum absolute atomic E-state index is 0.0106. The van der Waals surface area contributed by atoms with E-state index in [0.29, 0.717) is 12.0 Å². The lowest BCUT2D eigenvalue weighted by Crippen LogP contribution is -2.51. The van der Waals surface area contributed by atoms with Gasteiger partial charge in [-0.3, -0.25) is 9.69 Å². The summed E-state index contributed by atoms with van der Waals surface area (Å²) in [7, 11) is 1.50. The van der Waals surface area contributed by atoms with Gasteiger partial charge in [-0.15, -0.1) is 0 Å². The Balaban J connectivity index is 1.77. The van der Waals surface area contributed by atoms with E-state index in [9.17, 15) is 4.79 Å². The van der Waals surface area contributed by atoms with Crippen molar-refractivity contribution in [2.75, 3.05) is 20.2 Å². The van der Waals surface area contributed by atoms with Crippen LogP contribution in [0.5, 0.6) is 0 Å². The van der Waals surface area contributed by atoms with Gasteiger partial charge < -0.3 is 9.72 Å². The Morgan fingerprint density at radius 1 is 1.43 bits per heavy atom. The number of benzene rings is 1. The molecule has 0 bridgehead atoms. The minimum Gasteiger partial charge on any atom is -0.469 e. The smallest absolute Gasteiger partial charge is 0.309 e. The van der Waals surface area contributed by atoms with Crippen molar-refractivity contribution in [2.24, 2.45) is 5.92 Å². The maximum atomic E-state index is 12.2. The number of hydrogen-bond donors (Lipinski definition) is 1. The quantitative estimate of drug-likeness (QED) is 0.886. The fraction of sp³-hybridized carbons (Fsp3) is 0.526. The van der Waals surface area contributed by atoms with Crippen molar-refractivity contribution in [3.05, 3.63) is 35.5 Å². The molecule has 4 heteroatoms. The van der Waals surface area contributed by atoms with Crippen molar-refractivity contribution < 1.29 is 9.53 Å². The molecule has 1 aliphatic carbocycles. The summed E-state index contributed by atoms with van der Waals surface area (Å²) in [5, 5.41) is 1.38. The molecule has 23 heavy (non-hydrogen) atoms. The average Bonchev–Trinajstić information content (AvgIpc) is 2.99. The normalized spacial score (nSPS) is 27.0. The van der Waals surface area contributed by atoms with Crippen molar-refractivity contribution in [3.8, 4) is 0 Å². The Kier molecular flexibility index (Phi) is 3.64. The minimum atomic E-state index is -0.0587. The first-order chi connectivity index (χ1) is 11.2. The number of likely N-dealkylation sites (tertiary alicyclic amines) is 1. The highest BCUT2D eigenvalue weighted by molar-refractivity contribution is 5.88. The number of aromatic nitrogens is 1. The van der Waals surface area contributed by atoms with Crippen LogP contribution < -0.4 is 0 Å². The highest BCUT2D eigenvalue weighted by Crippen LogP contribution is 2.44. The van der Waals surface area contributed by atoms with Crippen molar-refractivity contribution in [3.63, 3.8) is 0 Å². The van der Waals surface area contributed by atoms with Crippen LogP contribution in [0, 0.1) is 5.92 Å². The highest BCUT2D eigenvalue weighted by atomic mass is 16.5. The number of piperidine rings is 1. The van der Waals surface area contributed by atoms with Gasteiger partial charge in [0.15, 0.2) is 0 Å². The molecule has 4 nitrogen and oxygen atoms in total. The summed E-state index contributed by atoms with van der Waals surface area (Å²) in [5.41, 5.74) is 4.05. The van der Waals surface area contributed by atoms with Crippen LogP contribution in [0.3, 0.4) is 0 Å². The van der Waals surface area contributed by atoms with Gasteiger partial charge in [-0.1, -0.05) is 19.1 Å². The summed E-state index contributed by atoms with van der Waals surface area (Å²) in [6.07, 6.45) is 5.26. The predicted octanol–water partition coefficient (Wildman–Crippen LogP) is 3.08. The summed E-state index contributed by atoms with van der Waals surface area (Å²) in [6.45, 7) is 4.09. The lowest BCUT2D eigenvalue weighted by Gasteiger charge is -2.46. The van der Waals surface area contributed by atoms with E-state index < -0.39 is 0 Å². The Hall–Kier alpha value is -1.81. The zero-order valence-corrected chi connectivity index (χ0v) is 13.8. The van der Waals surface area contributed by atoms with E-state index in [1.807, 2.05) is 0 Å². The van der Waals surface area contributed by atoms with E-state index in [0.717, 1.165) is 32.4 Å². The van der Waals surface area contributed by atoms with Crippen molar-refractivity contribution in [1.29, 1.82) is 0 Å². The van der Waals surface area contributed by atoms with Crippen LogP contribution in [0.15, 0.2) is 24.4 Å². The molecule has 0 saturated carbocycles. The lowest BCUT2D eigenvalue weighted by molar-refractivity contribution is -0.148. The largest absolute Gasteiger partial charge is 0.469 e. The summed E-state index contributed by atoms with van der Waals surface area (Å²) in [5.74, 6) is 0.353. The first-order valence-corrected chi connectivity index (χ1v) is 8.63. The molecule has 2 heterocycles. The third-order valence-corrected chi connectivity index (χ3v) is 5.62. The van der Waals surface area contributed by atoms with Crippen molar-refractivity contribution >= 4 is 16.9 Å². The predicted molar refractivity (Wildman–Crippen MR) is 90.5 cm³/mol. The average molecular weight is 312 g/mol. The molecule has 2 aromatic rings. The van der Waals surface area contributed by atoms with Gasteiger partial charge >= 0.3 is 5.97 Å². The fourth-order valence-corrected chi connectivity index (χ4v) is 4.68. The van der Waals surface area contributed by atoms with E-state index >= 15 is 0 Å². The molecular weight excluding hydrogens is 288 g/mol. The number of hydrogen-bond acceptors (Lipinski definition) is 3. The molecule has 1 N–H and O–H groups in total.